The molecule has 0 bridgehead atoms. The number of aryl methyl sites for hydroxylation is 1. The molecule has 3 aromatic carbocycles. The third-order valence-electron chi connectivity index (χ3n) is 4.39. The quantitative estimate of drug-likeness (QED) is 0.411. The minimum Gasteiger partial charge on any atom is -0.314 e. The molecule has 3 heteroatoms. The highest BCUT2D eigenvalue weighted by Gasteiger charge is 2.29. The van der Waals surface area contributed by atoms with Crippen LogP contribution in [0.5, 0.6) is 0 Å². The minimum absolute atomic E-state index is 0.133. The lowest BCUT2D eigenvalue weighted by Crippen LogP contribution is -2.23. The van der Waals surface area contributed by atoms with E-state index in [0.29, 0.717) is 6.16 Å². The van der Waals surface area contributed by atoms with Crippen LogP contribution in [-0.4, -0.2) is 11.5 Å². The van der Waals surface area contributed by atoms with Gasteiger partial charge < -0.3 is 4.57 Å². The second-order valence-electron chi connectivity index (χ2n) is 6.21. The molecule has 0 saturated carbocycles. The zero-order valence-electron chi connectivity index (χ0n) is 14.1. The standard InChI is InChI=1S/C22H22ClOP/c23-20(17-16-19-10-4-1-5-11-19)18-25(24,21-12-6-2-7-13-21)22-14-8-3-9-15-22/h1-15,20H,16-18H2. The SMILES string of the molecule is O=P(CC(Cl)CCc1ccccc1)(c1ccccc1)c1ccccc1. The van der Waals surface area contributed by atoms with Crippen molar-refractivity contribution in [2.45, 2.75) is 18.2 Å². The summed E-state index contributed by atoms with van der Waals surface area (Å²) in [5.74, 6) is 0. The van der Waals surface area contributed by atoms with Gasteiger partial charge in [0.1, 0.15) is 7.14 Å². The highest BCUT2D eigenvalue weighted by molar-refractivity contribution is 7.78. The summed E-state index contributed by atoms with van der Waals surface area (Å²) < 4.78 is 14.0. The lowest BCUT2D eigenvalue weighted by atomic mass is 10.1. The van der Waals surface area contributed by atoms with Crippen molar-refractivity contribution in [1.82, 2.24) is 0 Å². The lowest BCUT2D eigenvalue weighted by Gasteiger charge is -2.22. The Kier molecular flexibility index (Phi) is 6.13. The van der Waals surface area contributed by atoms with E-state index in [1.807, 2.05) is 78.9 Å². The Morgan fingerprint density at radius 3 is 1.64 bits per heavy atom. The Morgan fingerprint density at radius 1 is 0.720 bits per heavy atom. The predicted molar refractivity (Wildman–Crippen MR) is 109 cm³/mol. The Bertz CT molecular complexity index is 775. The van der Waals surface area contributed by atoms with Crippen molar-refractivity contribution in [2.75, 3.05) is 6.16 Å². The molecule has 25 heavy (non-hydrogen) atoms. The van der Waals surface area contributed by atoms with Crippen molar-refractivity contribution in [1.29, 1.82) is 0 Å². The predicted octanol–water partition coefficient (Wildman–Crippen LogP) is 5.24. The highest BCUT2D eigenvalue weighted by Crippen LogP contribution is 2.45. The van der Waals surface area contributed by atoms with E-state index < -0.39 is 7.14 Å². The first kappa shape index (κ1) is 18.0. The molecule has 0 aliphatic carbocycles. The summed E-state index contributed by atoms with van der Waals surface area (Å²) in [6.45, 7) is 0. The van der Waals surface area contributed by atoms with Gasteiger partial charge in [-0.05, 0) is 18.4 Å². The third kappa shape index (κ3) is 4.63. The summed E-state index contributed by atoms with van der Waals surface area (Å²) >= 11 is 6.64. The number of halogens is 1. The molecule has 0 spiro atoms. The van der Waals surface area contributed by atoms with E-state index >= 15 is 0 Å². The van der Waals surface area contributed by atoms with Gasteiger partial charge in [0.25, 0.3) is 0 Å². The van der Waals surface area contributed by atoms with Crippen LogP contribution in [0.4, 0.5) is 0 Å². The molecule has 128 valence electrons. The lowest BCUT2D eigenvalue weighted by molar-refractivity contribution is 0.584. The van der Waals surface area contributed by atoms with E-state index in [0.717, 1.165) is 23.5 Å². The molecule has 1 unspecified atom stereocenters. The van der Waals surface area contributed by atoms with E-state index in [-0.39, 0.29) is 5.38 Å². The van der Waals surface area contributed by atoms with Gasteiger partial charge in [-0.1, -0.05) is 91.0 Å². The maximum atomic E-state index is 14.0. The molecule has 0 heterocycles. The fraction of sp³-hybridized carbons (Fsp3) is 0.182. The molecule has 0 N–H and O–H groups in total. The largest absolute Gasteiger partial charge is 0.314 e. The van der Waals surface area contributed by atoms with Gasteiger partial charge in [-0.2, -0.15) is 0 Å². The summed E-state index contributed by atoms with van der Waals surface area (Å²) in [5, 5.41) is 1.63. The van der Waals surface area contributed by atoms with E-state index in [9.17, 15) is 4.57 Å². The van der Waals surface area contributed by atoms with Crippen LogP contribution >= 0.6 is 18.7 Å². The first-order valence-corrected chi connectivity index (χ1v) is 10.9. The molecular weight excluding hydrogens is 347 g/mol. The van der Waals surface area contributed by atoms with Crippen LogP contribution < -0.4 is 10.6 Å². The van der Waals surface area contributed by atoms with Crippen molar-refractivity contribution in [3.05, 3.63) is 96.6 Å². The van der Waals surface area contributed by atoms with Crippen LogP contribution in [0.25, 0.3) is 0 Å². The smallest absolute Gasteiger partial charge is 0.144 e. The van der Waals surface area contributed by atoms with Crippen molar-refractivity contribution in [2.24, 2.45) is 0 Å². The minimum atomic E-state index is -2.73. The number of benzene rings is 3. The fourth-order valence-electron chi connectivity index (χ4n) is 3.04. The number of alkyl halides is 1. The van der Waals surface area contributed by atoms with Crippen LogP contribution in [0.15, 0.2) is 91.0 Å². The normalized spacial score (nSPS) is 12.7. The van der Waals surface area contributed by atoms with Crippen molar-refractivity contribution in [3.8, 4) is 0 Å². The molecule has 1 atom stereocenters. The summed E-state index contributed by atoms with van der Waals surface area (Å²) in [5.41, 5.74) is 1.27. The van der Waals surface area contributed by atoms with Crippen LogP contribution in [0.1, 0.15) is 12.0 Å². The molecule has 0 saturated heterocycles. The van der Waals surface area contributed by atoms with E-state index in [4.69, 9.17) is 11.6 Å². The van der Waals surface area contributed by atoms with E-state index in [1.165, 1.54) is 5.56 Å². The van der Waals surface area contributed by atoms with Crippen molar-refractivity contribution in [3.63, 3.8) is 0 Å². The zero-order valence-corrected chi connectivity index (χ0v) is 15.7. The molecule has 0 aliphatic heterocycles. The molecule has 3 aromatic rings. The molecular formula is C22H22ClOP. The van der Waals surface area contributed by atoms with Crippen LogP contribution in [-0.2, 0) is 11.0 Å². The molecule has 0 radical (unpaired) electrons. The summed E-state index contributed by atoms with van der Waals surface area (Å²) in [6, 6.07) is 29.8. The highest BCUT2D eigenvalue weighted by atomic mass is 35.5. The molecule has 0 aliphatic rings. The molecule has 0 amide bonds. The van der Waals surface area contributed by atoms with Crippen LogP contribution in [0.3, 0.4) is 0 Å². The number of hydrogen-bond acceptors (Lipinski definition) is 1. The van der Waals surface area contributed by atoms with Gasteiger partial charge in [-0.3, -0.25) is 0 Å². The Hall–Kier alpha value is -1.82. The van der Waals surface area contributed by atoms with Gasteiger partial charge >= 0.3 is 0 Å². The average molecular weight is 369 g/mol. The van der Waals surface area contributed by atoms with Crippen LogP contribution in [0, 0.1) is 0 Å². The molecule has 1 nitrogen and oxygen atoms in total. The molecule has 3 rings (SSSR count). The topological polar surface area (TPSA) is 17.1 Å². The van der Waals surface area contributed by atoms with Crippen LogP contribution in [0.2, 0.25) is 0 Å². The van der Waals surface area contributed by atoms with Gasteiger partial charge in [-0.25, -0.2) is 0 Å². The number of rotatable bonds is 7. The Morgan fingerprint density at radius 2 is 1.16 bits per heavy atom. The van der Waals surface area contributed by atoms with Gasteiger partial charge in [0.2, 0.25) is 0 Å². The van der Waals surface area contributed by atoms with Crippen molar-refractivity contribution >= 4 is 29.4 Å². The summed E-state index contributed by atoms with van der Waals surface area (Å²) in [4.78, 5) is 0. The number of hydrogen-bond donors (Lipinski definition) is 0. The maximum Gasteiger partial charge on any atom is 0.144 e. The third-order valence-corrected chi connectivity index (χ3v) is 8.20. The maximum absolute atomic E-state index is 14.0. The van der Waals surface area contributed by atoms with Crippen molar-refractivity contribution < 1.29 is 4.57 Å². The van der Waals surface area contributed by atoms with Gasteiger partial charge in [0.05, 0.1) is 0 Å². The van der Waals surface area contributed by atoms with Gasteiger partial charge in [0, 0.05) is 22.1 Å². The molecule has 0 aromatic heterocycles. The van der Waals surface area contributed by atoms with E-state index in [1.54, 1.807) is 0 Å². The summed E-state index contributed by atoms with van der Waals surface area (Å²) in [6.07, 6.45) is 2.20. The summed E-state index contributed by atoms with van der Waals surface area (Å²) in [7, 11) is -2.73. The monoisotopic (exact) mass is 368 g/mol. The van der Waals surface area contributed by atoms with E-state index in [2.05, 4.69) is 12.1 Å². The molecule has 0 fully saturated rings. The Labute approximate surface area is 155 Å². The second kappa shape index (κ2) is 8.52. The first-order valence-electron chi connectivity index (χ1n) is 8.57. The zero-order chi connectivity index (χ0) is 17.5. The first-order chi connectivity index (χ1) is 12.2. The van der Waals surface area contributed by atoms with Gasteiger partial charge in [0.15, 0.2) is 0 Å². The second-order valence-corrected chi connectivity index (χ2v) is 9.71. The Balaban J connectivity index is 1.80. The average Bonchev–Trinajstić information content (AvgIpc) is 2.68. The van der Waals surface area contributed by atoms with Gasteiger partial charge in [-0.15, -0.1) is 11.6 Å². The fourth-order valence-corrected chi connectivity index (χ4v) is 6.50.